The number of hydrogen-bond acceptors (Lipinski definition) is 6. The highest BCUT2D eigenvalue weighted by atomic mass is 32.3. The summed E-state index contributed by atoms with van der Waals surface area (Å²) in [4.78, 5) is 11.4. The molecule has 1 aromatic rings. The van der Waals surface area contributed by atoms with Crippen LogP contribution < -0.4 is 4.74 Å². The first kappa shape index (κ1) is 12.0. The molecule has 0 radical (unpaired) electrons. The Balaban J connectivity index is 2.03. The van der Waals surface area contributed by atoms with Gasteiger partial charge in [-0.15, -0.1) is 0 Å². The molecular weight excluding hydrogens is 255 g/mol. The van der Waals surface area contributed by atoms with Crippen LogP contribution in [0.3, 0.4) is 0 Å². The van der Waals surface area contributed by atoms with Gasteiger partial charge in [0.15, 0.2) is 0 Å². The predicted octanol–water partition coefficient (Wildman–Crippen LogP) is 0.391. The van der Waals surface area contributed by atoms with Crippen LogP contribution in [-0.4, -0.2) is 27.1 Å². The fraction of sp³-hybridized carbons (Fsp3) is 0.222. The van der Waals surface area contributed by atoms with E-state index in [1.165, 1.54) is 18.2 Å². The summed E-state index contributed by atoms with van der Waals surface area (Å²) in [7, 11) is -4.12. The van der Waals surface area contributed by atoms with Crippen LogP contribution in [0.15, 0.2) is 24.3 Å². The monoisotopic (exact) mass is 262 g/mol. The van der Waals surface area contributed by atoms with E-state index in [1.807, 2.05) is 0 Å². The van der Waals surface area contributed by atoms with Crippen LogP contribution >= 0.6 is 0 Å². The third-order valence-electron chi connectivity index (χ3n) is 1.88. The Morgan fingerprint density at radius 1 is 1.47 bits per heavy atom. The molecule has 0 bridgehead atoms. The summed E-state index contributed by atoms with van der Waals surface area (Å²) in [5.74, 6) is -1.58. The van der Waals surface area contributed by atoms with Gasteiger partial charge < -0.3 is 4.74 Å². The van der Waals surface area contributed by atoms with Crippen molar-refractivity contribution >= 4 is 16.4 Å². The molecule has 8 heteroatoms. The number of ether oxygens (including phenoxy) is 1. The van der Waals surface area contributed by atoms with Gasteiger partial charge in [0.25, 0.3) is 0 Å². The Hall–Kier alpha value is -1.51. The van der Waals surface area contributed by atoms with Crippen LogP contribution in [0.2, 0.25) is 0 Å². The Morgan fingerprint density at radius 2 is 2.24 bits per heavy atom. The summed E-state index contributed by atoms with van der Waals surface area (Å²) in [6, 6.07) is 4.87. The summed E-state index contributed by atoms with van der Waals surface area (Å²) in [5, 5.41) is 0. The Morgan fingerprint density at radius 3 is 2.82 bits per heavy atom. The third-order valence-corrected chi connectivity index (χ3v) is 2.77. The molecule has 0 spiro atoms. The summed E-state index contributed by atoms with van der Waals surface area (Å²) < 4.78 is 47.5. The van der Waals surface area contributed by atoms with E-state index in [4.69, 9.17) is 4.74 Å². The van der Waals surface area contributed by atoms with Crippen molar-refractivity contribution in [3.05, 3.63) is 30.1 Å². The first-order chi connectivity index (χ1) is 7.96. The van der Waals surface area contributed by atoms with Crippen molar-refractivity contribution in [2.24, 2.45) is 0 Å². The number of carbonyl (C=O) groups excluding carboxylic acids is 1. The summed E-state index contributed by atoms with van der Waals surface area (Å²) in [6.07, 6.45) is -1.36. The van der Waals surface area contributed by atoms with Crippen molar-refractivity contribution in [3.8, 4) is 5.75 Å². The van der Waals surface area contributed by atoms with Crippen LogP contribution in [0.25, 0.3) is 0 Å². The van der Waals surface area contributed by atoms with Gasteiger partial charge in [0.05, 0.1) is 0 Å². The predicted molar refractivity (Wildman–Crippen MR) is 51.8 cm³/mol. The second kappa shape index (κ2) is 4.40. The Bertz CT molecular complexity index is 540. The van der Waals surface area contributed by atoms with Crippen molar-refractivity contribution in [3.63, 3.8) is 0 Å². The number of benzene rings is 1. The third kappa shape index (κ3) is 2.99. The van der Waals surface area contributed by atoms with Gasteiger partial charge in [-0.2, -0.15) is 8.42 Å². The van der Waals surface area contributed by atoms with Gasteiger partial charge in [0.2, 0.25) is 6.10 Å². The van der Waals surface area contributed by atoms with E-state index < -0.39 is 34.9 Å². The minimum atomic E-state index is -4.12. The van der Waals surface area contributed by atoms with Crippen LogP contribution in [-0.2, 0) is 23.6 Å². The topological polar surface area (TPSA) is 78.9 Å². The summed E-state index contributed by atoms with van der Waals surface area (Å²) in [6.45, 7) is -0.448. The molecule has 1 aliphatic rings. The van der Waals surface area contributed by atoms with Gasteiger partial charge in [0.1, 0.15) is 18.2 Å². The lowest BCUT2D eigenvalue weighted by atomic mass is 10.3. The van der Waals surface area contributed by atoms with Crippen LogP contribution in [0.5, 0.6) is 5.75 Å². The zero-order chi connectivity index (χ0) is 12.5. The molecule has 0 saturated carbocycles. The van der Waals surface area contributed by atoms with Gasteiger partial charge in [-0.25, -0.2) is 17.6 Å². The summed E-state index contributed by atoms with van der Waals surface area (Å²) in [5.41, 5.74) is 0. The second-order valence-electron chi connectivity index (χ2n) is 3.16. The molecule has 0 amide bonds. The van der Waals surface area contributed by atoms with E-state index in [0.29, 0.717) is 0 Å². The minimum absolute atomic E-state index is 0.0390. The normalized spacial score (nSPS) is 22.3. The van der Waals surface area contributed by atoms with Gasteiger partial charge in [0, 0.05) is 6.07 Å². The average molecular weight is 262 g/mol. The molecule has 92 valence electrons. The minimum Gasteiger partial charge on any atom is -0.424 e. The van der Waals surface area contributed by atoms with Crippen molar-refractivity contribution in [2.75, 3.05) is 6.61 Å². The van der Waals surface area contributed by atoms with Crippen LogP contribution in [0.4, 0.5) is 4.39 Å². The molecule has 1 atom stereocenters. The molecule has 1 aliphatic heterocycles. The van der Waals surface area contributed by atoms with E-state index in [-0.39, 0.29) is 5.75 Å². The van der Waals surface area contributed by atoms with E-state index in [9.17, 15) is 17.6 Å². The molecule has 1 fully saturated rings. The fourth-order valence-electron chi connectivity index (χ4n) is 1.16. The highest BCUT2D eigenvalue weighted by Crippen LogP contribution is 2.17. The van der Waals surface area contributed by atoms with E-state index in [1.54, 1.807) is 0 Å². The van der Waals surface area contributed by atoms with Crippen LogP contribution in [0, 0.1) is 5.82 Å². The largest absolute Gasteiger partial charge is 0.424 e. The standard InChI is InChI=1S/C9H7FO6S/c10-6-2-1-3-7(4-6)15-9(11)8-5-14-17(12,13)16-8/h1-4,8H,5H2. The Labute approximate surface area is 96.2 Å². The van der Waals surface area contributed by atoms with Gasteiger partial charge in [-0.05, 0) is 12.1 Å². The summed E-state index contributed by atoms with van der Waals surface area (Å²) >= 11 is 0. The average Bonchev–Trinajstić information content (AvgIpc) is 2.59. The first-order valence-electron chi connectivity index (χ1n) is 4.51. The molecule has 1 heterocycles. The smallest absolute Gasteiger partial charge is 0.400 e. The molecular formula is C9H7FO6S. The second-order valence-corrected chi connectivity index (χ2v) is 4.40. The van der Waals surface area contributed by atoms with Gasteiger partial charge in [-0.3, -0.25) is 0 Å². The molecule has 0 aliphatic carbocycles. The fourth-order valence-corrected chi connectivity index (χ4v) is 1.93. The van der Waals surface area contributed by atoms with Crippen LogP contribution in [0.1, 0.15) is 0 Å². The molecule has 0 N–H and O–H groups in total. The highest BCUT2D eigenvalue weighted by molar-refractivity contribution is 7.82. The maximum atomic E-state index is 12.8. The molecule has 1 aromatic carbocycles. The molecule has 17 heavy (non-hydrogen) atoms. The van der Waals surface area contributed by atoms with E-state index >= 15 is 0 Å². The quantitative estimate of drug-likeness (QED) is 0.566. The van der Waals surface area contributed by atoms with Crippen molar-refractivity contribution in [2.45, 2.75) is 6.10 Å². The maximum absolute atomic E-state index is 12.8. The molecule has 6 nitrogen and oxygen atoms in total. The van der Waals surface area contributed by atoms with Gasteiger partial charge in [-0.1, -0.05) is 6.07 Å². The van der Waals surface area contributed by atoms with E-state index in [2.05, 4.69) is 8.37 Å². The lowest BCUT2D eigenvalue weighted by Gasteiger charge is -2.06. The first-order valence-corrected chi connectivity index (χ1v) is 5.84. The lowest BCUT2D eigenvalue weighted by Crippen LogP contribution is -2.27. The molecule has 1 saturated heterocycles. The molecule has 1 unspecified atom stereocenters. The number of esters is 1. The van der Waals surface area contributed by atoms with Crippen molar-refractivity contribution in [1.29, 1.82) is 0 Å². The highest BCUT2D eigenvalue weighted by Gasteiger charge is 2.36. The number of rotatable bonds is 2. The Kier molecular flexibility index (Phi) is 3.09. The SMILES string of the molecule is O=C(Oc1cccc(F)c1)C1COS(=O)(=O)O1. The number of halogens is 1. The zero-order valence-electron chi connectivity index (χ0n) is 8.33. The van der Waals surface area contributed by atoms with Crippen molar-refractivity contribution < 1.29 is 30.7 Å². The number of hydrogen-bond donors (Lipinski definition) is 0. The molecule has 0 aromatic heterocycles. The molecule has 2 rings (SSSR count). The van der Waals surface area contributed by atoms with Crippen molar-refractivity contribution in [1.82, 2.24) is 0 Å². The lowest BCUT2D eigenvalue weighted by molar-refractivity contribution is -0.141. The maximum Gasteiger partial charge on any atom is 0.400 e. The zero-order valence-corrected chi connectivity index (χ0v) is 9.15. The van der Waals surface area contributed by atoms with Gasteiger partial charge >= 0.3 is 16.4 Å². The van der Waals surface area contributed by atoms with E-state index in [0.717, 1.165) is 6.07 Å². The number of carbonyl (C=O) groups is 1.